The number of hydrogen-bond acceptors (Lipinski definition) is 5. The number of benzene rings is 1. The molecule has 0 saturated heterocycles. The van der Waals surface area contributed by atoms with Crippen molar-refractivity contribution in [3.05, 3.63) is 98.3 Å². The largest absolute Gasteiger partial charge is 0.333 e. The molecule has 220 valence electrons. The number of aliphatic imine (C=N–C) groups is 1. The van der Waals surface area contributed by atoms with Crippen LogP contribution in [-0.4, -0.2) is 36.6 Å². The van der Waals surface area contributed by atoms with E-state index in [-0.39, 0.29) is 40.1 Å². The predicted octanol–water partition coefficient (Wildman–Crippen LogP) is 6.13. The molecule has 0 aliphatic rings. The molecular weight excluding hydrogens is 582 g/mol. The van der Waals surface area contributed by atoms with Crippen LogP contribution >= 0.6 is 11.6 Å². The Labute approximate surface area is 242 Å². The Morgan fingerprint density at radius 2 is 2.05 bits per heavy atom. The van der Waals surface area contributed by atoms with E-state index >= 15 is 8.78 Å². The fourth-order valence-corrected chi connectivity index (χ4v) is 5.62. The highest BCUT2D eigenvalue weighted by molar-refractivity contribution is 7.85. The molecule has 3 rings (SSSR count). The van der Waals surface area contributed by atoms with Gasteiger partial charge in [0.15, 0.2) is 5.83 Å². The zero-order chi connectivity index (χ0) is 30.3. The highest BCUT2D eigenvalue weighted by Gasteiger charge is 2.22. The Bertz CT molecular complexity index is 1570. The van der Waals surface area contributed by atoms with Crippen molar-refractivity contribution in [3.63, 3.8) is 0 Å². The second-order valence-electron chi connectivity index (χ2n) is 9.19. The maximum Gasteiger partial charge on any atom is 0.333 e. The molecule has 2 N–H and O–H groups in total. The maximum atomic E-state index is 15.7. The van der Waals surface area contributed by atoms with Crippen LogP contribution in [0.3, 0.4) is 0 Å². The second kappa shape index (κ2) is 14.5. The lowest BCUT2D eigenvalue weighted by Crippen LogP contribution is -2.22. The third-order valence-electron chi connectivity index (χ3n) is 6.15. The van der Waals surface area contributed by atoms with Crippen LogP contribution in [0.25, 0.3) is 6.20 Å². The van der Waals surface area contributed by atoms with Gasteiger partial charge < -0.3 is 5.73 Å². The molecule has 0 spiro atoms. The molecule has 41 heavy (non-hydrogen) atoms. The molecule has 2 heterocycles. The van der Waals surface area contributed by atoms with Crippen LogP contribution in [-0.2, 0) is 17.2 Å². The minimum absolute atomic E-state index is 0.106. The second-order valence-corrected chi connectivity index (χ2v) is 11.1. The van der Waals surface area contributed by atoms with Crippen molar-refractivity contribution in [1.82, 2.24) is 14.3 Å². The molecule has 0 fully saturated rings. The lowest BCUT2D eigenvalue weighted by Gasteiger charge is -2.16. The molecule has 3 aromatic rings. The van der Waals surface area contributed by atoms with Crippen molar-refractivity contribution in [2.45, 2.75) is 51.0 Å². The average molecular weight is 612 g/mol. The van der Waals surface area contributed by atoms with Crippen molar-refractivity contribution in [1.29, 1.82) is 0 Å². The first-order valence-electron chi connectivity index (χ1n) is 12.7. The number of rotatable bonds is 12. The van der Waals surface area contributed by atoms with Crippen LogP contribution in [0.4, 0.5) is 17.6 Å². The first-order chi connectivity index (χ1) is 19.5. The minimum Gasteiger partial charge on any atom is -0.330 e. The predicted molar refractivity (Wildman–Crippen MR) is 154 cm³/mol. The quantitative estimate of drug-likeness (QED) is 0.197. The van der Waals surface area contributed by atoms with Crippen molar-refractivity contribution in [2.24, 2.45) is 10.7 Å². The van der Waals surface area contributed by atoms with E-state index in [4.69, 9.17) is 17.3 Å². The van der Waals surface area contributed by atoms with E-state index in [1.165, 1.54) is 42.9 Å². The summed E-state index contributed by atoms with van der Waals surface area (Å²) in [4.78, 5) is 17.1. The van der Waals surface area contributed by atoms with Gasteiger partial charge in [0.2, 0.25) is 0 Å². The summed E-state index contributed by atoms with van der Waals surface area (Å²) in [6.45, 7) is 2.50. The van der Waals surface area contributed by atoms with Crippen molar-refractivity contribution in [2.75, 3.05) is 12.3 Å². The van der Waals surface area contributed by atoms with E-state index < -0.39 is 40.3 Å². The lowest BCUT2D eigenvalue weighted by atomic mass is 9.95. The van der Waals surface area contributed by atoms with Crippen LogP contribution in [0.5, 0.6) is 0 Å². The number of nitrogens with zero attached hydrogens (tertiary/aromatic N) is 4. The molecule has 0 amide bonds. The third-order valence-corrected chi connectivity index (χ3v) is 8.00. The summed E-state index contributed by atoms with van der Waals surface area (Å²) in [6.07, 6.45) is 6.88. The van der Waals surface area contributed by atoms with Crippen LogP contribution in [0.1, 0.15) is 55.1 Å². The summed E-state index contributed by atoms with van der Waals surface area (Å²) in [5, 5.41) is 3.44. The number of aryl methyl sites for hydroxylation is 1. The molecule has 2 unspecified atom stereocenters. The molecule has 2 atom stereocenters. The van der Waals surface area contributed by atoms with Gasteiger partial charge in [-0.25, -0.2) is 13.5 Å². The summed E-state index contributed by atoms with van der Waals surface area (Å²) >= 11 is 6.40. The van der Waals surface area contributed by atoms with Crippen LogP contribution in [0.15, 0.2) is 69.4 Å². The summed E-state index contributed by atoms with van der Waals surface area (Å²) in [6, 6.07) is 5.70. The molecule has 0 saturated carbocycles. The number of hydrogen-bond donors (Lipinski definition) is 1. The molecule has 1 aromatic carbocycles. The van der Waals surface area contributed by atoms with Crippen LogP contribution in [0.2, 0.25) is 5.02 Å². The third kappa shape index (κ3) is 7.69. The summed E-state index contributed by atoms with van der Waals surface area (Å²) in [5.41, 5.74) is 5.40. The van der Waals surface area contributed by atoms with Crippen LogP contribution < -0.4 is 11.3 Å². The highest BCUT2D eigenvalue weighted by atomic mass is 35.5. The fourth-order valence-electron chi connectivity index (χ4n) is 4.10. The molecule has 7 nitrogen and oxygen atoms in total. The van der Waals surface area contributed by atoms with Crippen molar-refractivity contribution >= 4 is 34.3 Å². The summed E-state index contributed by atoms with van der Waals surface area (Å²) < 4.78 is 71.0. The number of nitrogens with two attached hydrogens (primary N) is 1. The van der Waals surface area contributed by atoms with Gasteiger partial charge in [0.25, 0.3) is 5.56 Å². The van der Waals surface area contributed by atoms with Crippen molar-refractivity contribution in [3.8, 4) is 0 Å². The first-order valence-corrected chi connectivity index (χ1v) is 14.4. The monoisotopic (exact) mass is 611 g/mol. The van der Waals surface area contributed by atoms with E-state index in [0.29, 0.717) is 27.9 Å². The molecule has 0 radical (unpaired) electrons. The van der Waals surface area contributed by atoms with Gasteiger partial charge in [-0.05, 0) is 68.5 Å². The normalized spacial score (nSPS) is 14.3. The van der Waals surface area contributed by atoms with Gasteiger partial charge in [0.05, 0.1) is 28.1 Å². The van der Waals surface area contributed by atoms with E-state index in [9.17, 15) is 17.8 Å². The number of pyridine rings is 1. The summed E-state index contributed by atoms with van der Waals surface area (Å²) in [7, 11) is -1.70. The highest BCUT2D eigenvalue weighted by Crippen LogP contribution is 2.27. The first kappa shape index (κ1) is 32.2. The van der Waals surface area contributed by atoms with Gasteiger partial charge >= 0.3 is 6.55 Å². The summed E-state index contributed by atoms with van der Waals surface area (Å²) in [5.74, 6) is -2.14. The van der Waals surface area contributed by atoms with E-state index in [2.05, 4.69) is 10.1 Å². The van der Waals surface area contributed by atoms with E-state index in [1.807, 2.05) is 0 Å². The van der Waals surface area contributed by atoms with Gasteiger partial charge in [-0.2, -0.15) is 13.9 Å². The number of alkyl halides is 2. The van der Waals surface area contributed by atoms with Gasteiger partial charge in [0.1, 0.15) is 16.6 Å². The smallest absolute Gasteiger partial charge is 0.330 e. The average Bonchev–Trinajstić information content (AvgIpc) is 3.41. The Kier molecular flexibility index (Phi) is 11.4. The molecule has 13 heteroatoms. The van der Waals surface area contributed by atoms with Gasteiger partial charge in [-0.1, -0.05) is 30.7 Å². The minimum atomic E-state index is -2.77. The number of halogens is 5. The zero-order valence-electron chi connectivity index (χ0n) is 22.7. The standard InChI is InChI=1S/C28H30ClF4N5O2S/c1-4-10-35-26(20-7-5-8-23(25(20)31)41(40)11-6-9-34)22(30)16-37-18(3)13-21(24(29)27(37)39)17(2)12-19-14-36-38(15-19)28(32)33/h4-5,7-8,10,13-17,28H,6,9,11-12,34H2,1-3H3/b10-4+,22-16-,35-26+. The van der Waals surface area contributed by atoms with Crippen LogP contribution in [0, 0.1) is 12.7 Å². The molecule has 0 bridgehead atoms. The Morgan fingerprint density at radius 3 is 2.68 bits per heavy atom. The lowest BCUT2D eigenvalue weighted by molar-refractivity contribution is 0.0565. The molecule has 0 aliphatic heterocycles. The topological polar surface area (TPSA) is 95.3 Å². The fraction of sp³-hybridized carbons (Fsp3) is 0.321. The van der Waals surface area contributed by atoms with Gasteiger partial charge in [-0.15, -0.1) is 0 Å². The Morgan fingerprint density at radius 1 is 1.32 bits per heavy atom. The molecular formula is C28H30ClF4N5O2S. The Hall–Kier alpha value is -3.35. The molecule has 2 aromatic heterocycles. The van der Waals surface area contributed by atoms with Gasteiger partial charge in [0, 0.05) is 29.4 Å². The van der Waals surface area contributed by atoms with E-state index in [1.54, 1.807) is 26.8 Å². The van der Waals surface area contributed by atoms with Gasteiger partial charge in [-0.3, -0.25) is 18.6 Å². The zero-order valence-corrected chi connectivity index (χ0v) is 24.2. The Balaban J connectivity index is 2.01. The number of aromatic nitrogens is 3. The van der Waals surface area contributed by atoms with Crippen molar-refractivity contribution < 1.29 is 21.8 Å². The SMILES string of the molecule is C/C=C/N=C(/C(F)=C/n1c(C)cc(C(C)Cc2cnn(C(F)F)c2)c(Cl)c1=O)c1cccc(S(=O)CCCN)c1F. The van der Waals surface area contributed by atoms with E-state index in [0.717, 1.165) is 10.8 Å². The number of allylic oxidation sites excluding steroid dienone is 2. The maximum absolute atomic E-state index is 15.7. The molecule has 0 aliphatic carbocycles.